The van der Waals surface area contributed by atoms with Gasteiger partial charge in [-0.25, -0.2) is 4.39 Å². The molecule has 2 unspecified atom stereocenters. The van der Waals surface area contributed by atoms with Crippen molar-refractivity contribution in [1.82, 2.24) is 4.98 Å². The number of aromatic nitrogens is 1. The van der Waals surface area contributed by atoms with Crippen molar-refractivity contribution in [3.8, 4) is 5.75 Å². The molecule has 2 atom stereocenters. The van der Waals surface area contributed by atoms with Crippen molar-refractivity contribution in [3.63, 3.8) is 0 Å². The normalized spacial score (nSPS) is 13.9. The van der Waals surface area contributed by atoms with Crippen LogP contribution in [0.15, 0.2) is 42.6 Å². The predicted octanol–water partition coefficient (Wildman–Crippen LogP) is 3.00. The van der Waals surface area contributed by atoms with Crippen LogP contribution < -0.4 is 10.5 Å². The number of halogens is 1. The highest BCUT2D eigenvalue weighted by Crippen LogP contribution is 2.26. The Labute approximate surface area is 112 Å². The van der Waals surface area contributed by atoms with Gasteiger partial charge in [-0.15, -0.1) is 0 Å². The van der Waals surface area contributed by atoms with E-state index in [9.17, 15) is 4.39 Å². The SMILES string of the molecule is Cc1ccc(F)cc1OC(c1ccccn1)C(C)N. The monoisotopic (exact) mass is 260 g/mol. The third-order valence-corrected chi connectivity index (χ3v) is 2.86. The summed E-state index contributed by atoms with van der Waals surface area (Å²) in [5, 5.41) is 0. The van der Waals surface area contributed by atoms with Crippen molar-refractivity contribution in [2.75, 3.05) is 0 Å². The van der Waals surface area contributed by atoms with Gasteiger partial charge in [0.2, 0.25) is 0 Å². The van der Waals surface area contributed by atoms with E-state index < -0.39 is 6.10 Å². The molecule has 0 aliphatic rings. The first-order valence-electron chi connectivity index (χ1n) is 6.17. The minimum Gasteiger partial charge on any atom is -0.482 e. The lowest BCUT2D eigenvalue weighted by Crippen LogP contribution is -2.29. The van der Waals surface area contributed by atoms with Gasteiger partial charge in [-0.3, -0.25) is 4.98 Å². The summed E-state index contributed by atoms with van der Waals surface area (Å²) in [6.07, 6.45) is 1.29. The summed E-state index contributed by atoms with van der Waals surface area (Å²) in [5.41, 5.74) is 7.55. The molecule has 0 fully saturated rings. The number of rotatable bonds is 4. The molecular weight excluding hydrogens is 243 g/mol. The summed E-state index contributed by atoms with van der Waals surface area (Å²) in [4.78, 5) is 4.25. The van der Waals surface area contributed by atoms with E-state index in [-0.39, 0.29) is 11.9 Å². The van der Waals surface area contributed by atoms with Crippen LogP contribution in [0.1, 0.15) is 24.3 Å². The fraction of sp³-hybridized carbons (Fsp3) is 0.267. The second-order valence-electron chi connectivity index (χ2n) is 4.56. The number of hydrogen-bond acceptors (Lipinski definition) is 3. The van der Waals surface area contributed by atoms with Crippen LogP contribution in [0.3, 0.4) is 0 Å². The maximum Gasteiger partial charge on any atom is 0.155 e. The number of nitrogens with two attached hydrogens (primary N) is 1. The number of hydrogen-bond donors (Lipinski definition) is 1. The number of pyridine rings is 1. The van der Waals surface area contributed by atoms with Gasteiger partial charge in [0.15, 0.2) is 6.10 Å². The summed E-state index contributed by atoms with van der Waals surface area (Å²) in [6.45, 7) is 3.71. The van der Waals surface area contributed by atoms with Crippen LogP contribution in [0.4, 0.5) is 4.39 Å². The van der Waals surface area contributed by atoms with Crippen molar-refractivity contribution in [2.24, 2.45) is 5.73 Å². The van der Waals surface area contributed by atoms with Crippen LogP contribution >= 0.6 is 0 Å². The zero-order valence-electron chi connectivity index (χ0n) is 11.0. The van der Waals surface area contributed by atoms with Gasteiger partial charge in [0, 0.05) is 18.3 Å². The molecule has 4 heteroatoms. The van der Waals surface area contributed by atoms with Crippen molar-refractivity contribution in [3.05, 3.63) is 59.7 Å². The molecule has 0 saturated heterocycles. The highest BCUT2D eigenvalue weighted by Gasteiger charge is 2.20. The Kier molecular flexibility index (Phi) is 4.12. The highest BCUT2D eigenvalue weighted by atomic mass is 19.1. The van der Waals surface area contributed by atoms with E-state index in [1.54, 1.807) is 12.3 Å². The molecule has 0 spiro atoms. The second-order valence-corrected chi connectivity index (χ2v) is 4.56. The van der Waals surface area contributed by atoms with Gasteiger partial charge in [-0.05, 0) is 37.6 Å². The van der Waals surface area contributed by atoms with Crippen molar-refractivity contribution in [2.45, 2.75) is 26.0 Å². The molecule has 0 aliphatic carbocycles. The first-order valence-corrected chi connectivity index (χ1v) is 6.17. The number of nitrogens with zero attached hydrogens (tertiary/aromatic N) is 1. The summed E-state index contributed by atoms with van der Waals surface area (Å²) in [5.74, 6) is 0.165. The molecule has 3 nitrogen and oxygen atoms in total. The third kappa shape index (κ3) is 3.29. The molecule has 1 aromatic heterocycles. The summed E-state index contributed by atoms with van der Waals surface area (Å²) >= 11 is 0. The highest BCUT2D eigenvalue weighted by molar-refractivity contribution is 5.33. The smallest absolute Gasteiger partial charge is 0.155 e. The van der Waals surface area contributed by atoms with Gasteiger partial charge >= 0.3 is 0 Å². The molecule has 100 valence electrons. The Balaban J connectivity index is 2.29. The lowest BCUT2D eigenvalue weighted by atomic mass is 10.1. The van der Waals surface area contributed by atoms with E-state index in [0.29, 0.717) is 5.75 Å². The van der Waals surface area contributed by atoms with E-state index >= 15 is 0 Å². The predicted molar refractivity (Wildman–Crippen MR) is 72.4 cm³/mol. The van der Waals surface area contributed by atoms with Crippen molar-refractivity contribution in [1.29, 1.82) is 0 Å². The molecular formula is C15H17FN2O. The largest absolute Gasteiger partial charge is 0.482 e. The zero-order chi connectivity index (χ0) is 13.8. The Morgan fingerprint density at radius 2 is 2.05 bits per heavy atom. The lowest BCUT2D eigenvalue weighted by Gasteiger charge is -2.23. The van der Waals surface area contributed by atoms with Crippen molar-refractivity contribution >= 4 is 0 Å². The quantitative estimate of drug-likeness (QED) is 0.919. The van der Waals surface area contributed by atoms with E-state index in [4.69, 9.17) is 10.5 Å². The Bertz CT molecular complexity index is 543. The van der Waals surface area contributed by atoms with Gasteiger partial charge < -0.3 is 10.5 Å². The molecule has 0 saturated carbocycles. The minimum absolute atomic E-state index is 0.252. The summed E-state index contributed by atoms with van der Waals surface area (Å²) in [6, 6.07) is 9.76. The zero-order valence-corrected chi connectivity index (χ0v) is 11.0. The topological polar surface area (TPSA) is 48.1 Å². The lowest BCUT2D eigenvalue weighted by molar-refractivity contribution is 0.174. The fourth-order valence-corrected chi connectivity index (χ4v) is 1.82. The Morgan fingerprint density at radius 3 is 2.68 bits per heavy atom. The molecule has 19 heavy (non-hydrogen) atoms. The van der Waals surface area contributed by atoms with Crippen LogP contribution in [0.2, 0.25) is 0 Å². The average Bonchev–Trinajstić information content (AvgIpc) is 2.40. The summed E-state index contributed by atoms with van der Waals surface area (Å²) < 4.78 is 19.1. The van der Waals surface area contributed by atoms with E-state index in [2.05, 4.69) is 4.98 Å². The second kappa shape index (κ2) is 5.80. The maximum absolute atomic E-state index is 13.3. The molecule has 1 heterocycles. The molecule has 2 N–H and O–H groups in total. The Hall–Kier alpha value is -1.94. The average molecular weight is 260 g/mol. The van der Waals surface area contributed by atoms with Gasteiger partial charge in [0.25, 0.3) is 0 Å². The molecule has 0 amide bonds. The fourth-order valence-electron chi connectivity index (χ4n) is 1.82. The molecule has 2 rings (SSSR count). The van der Waals surface area contributed by atoms with E-state index in [1.807, 2.05) is 32.0 Å². The van der Waals surface area contributed by atoms with Crippen molar-refractivity contribution < 1.29 is 9.13 Å². The van der Waals surface area contributed by atoms with Gasteiger partial charge in [-0.2, -0.15) is 0 Å². The van der Waals surface area contributed by atoms with Gasteiger partial charge in [-0.1, -0.05) is 12.1 Å². The molecule has 0 aliphatic heterocycles. The number of aryl methyl sites for hydroxylation is 1. The molecule has 0 bridgehead atoms. The van der Waals surface area contributed by atoms with Crippen LogP contribution in [-0.4, -0.2) is 11.0 Å². The summed E-state index contributed by atoms with van der Waals surface area (Å²) in [7, 11) is 0. The minimum atomic E-state index is -0.401. The van der Waals surface area contributed by atoms with Gasteiger partial charge in [0.05, 0.1) is 5.69 Å². The molecule has 0 radical (unpaired) electrons. The Morgan fingerprint density at radius 1 is 1.26 bits per heavy atom. The van der Waals surface area contributed by atoms with Crippen LogP contribution in [0, 0.1) is 12.7 Å². The first-order chi connectivity index (χ1) is 9.08. The van der Waals surface area contributed by atoms with Crippen LogP contribution in [-0.2, 0) is 0 Å². The van der Waals surface area contributed by atoms with Gasteiger partial charge in [0.1, 0.15) is 11.6 Å². The standard InChI is InChI=1S/C15H17FN2O/c1-10-6-7-12(16)9-14(10)19-15(11(2)17)13-5-3-4-8-18-13/h3-9,11,15H,17H2,1-2H3. The first kappa shape index (κ1) is 13.5. The molecule has 1 aromatic carbocycles. The van der Waals surface area contributed by atoms with E-state index in [1.165, 1.54) is 12.1 Å². The maximum atomic E-state index is 13.3. The van der Waals surface area contributed by atoms with E-state index in [0.717, 1.165) is 11.3 Å². The number of ether oxygens (including phenoxy) is 1. The van der Waals surface area contributed by atoms with Crippen LogP contribution in [0.5, 0.6) is 5.75 Å². The van der Waals surface area contributed by atoms with Crippen LogP contribution in [0.25, 0.3) is 0 Å². The number of benzene rings is 1. The third-order valence-electron chi connectivity index (χ3n) is 2.86. The molecule has 2 aromatic rings.